The lowest BCUT2D eigenvalue weighted by molar-refractivity contribution is -0.384. The molecule has 9 heteroatoms. The minimum absolute atomic E-state index is 0.000973. The zero-order chi connectivity index (χ0) is 16.9. The second-order valence-electron chi connectivity index (χ2n) is 4.53. The number of hydrogen-bond acceptors (Lipinski definition) is 7. The number of benzene rings is 1. The number of anilines is 1. The van der Waals surface area contributed by atoms with Crippen LogP contribution in [0.5, 0.6) is 0 Å². The molecule has 0 aliphatic carbocycles. The van der Waals surface area contributed by atoms with Crippen molar-refractivity contribution in [3.63, 3.8) is 0 Å². The van der Waals surface area contributed by atoms with E-state index in [0.717, 1.165) is 17.8 Å². The van der Waals surface area contributed by atoms with Crippen molar-refractivity contribution in [1.82, 2.24) is 0 Å². The molecular weight excluding hydrogens is 312 g/mol. The van der Waals surface area contributed by atoms with Crippen molar-refractivity contribution in [2.45, 2.75) is 26.1 Å². The monoisotopic (exact) mass is 328 g/mol. The summed E-state index contributed by atoms with van der Waals surface area (Å²) in [6, 6.07) is 3.73. The maximum Gasteiger partial charge on any atom is 0.293 e. The van der Waals surface area contributed by atoms with Gasteiger partial charge in [-0.05, 0) is 11.6 Å². The van der Waals surface area contributed by atoms with E-state index in [1.807, 2.05) is 0 Å². The first kappa shape index (κ1) is 18.1. The van der Waals surface area contributed by atoms with Crippen molar-refractivity contribution < 1.29 is 24.7 Å². The highest BCUT2D eigenvalue weighted by atomic mass is 32.2. The van der Waals surface area contributed by atoms with Gasteiger partial charge >= 0.3 is 0 Å². The van der Waals surface area contributed by atoms with Gasteiger partial charge in [0.2, 0.25) is 5.91 Å². The summed E-state index contributed by atoms with van der Waals surface area (Å²) in [6.07, 6.45) is -2.63. The first-order valence-electron chi connectivity index (χ1n) is 6.27. The molecule has 0 saturated heterocycles. The Balaban J connectivity index is 3.00. The topological polar surface area (TPSA) is 130 Å². The number of carbonyl (C=O) groups excluding carboxylic acids is 2. The van der Waals surface area contributed by atoms with Crippen LogP contribution in [0.1, 0.15) is 25.5 Å². The van der Waals surface area contributed by atoms with E-state index in [2.05, 4.69) is 5.32 Å². The van der Waals surface area contributed by atoms with Crippen LogP contribution in [0.15, 0.2) is 18.2 Å². The van der Waals surface area contributed by atoms with E-state index in [4.69, 9.17) is 0 Å². The summed E-state index contributed by atoms with van der Waals surface area (Å²) in [6.45, 7) is 2.55. The highest BCUT2D eigenvalue weighted by molar-refractivity contribution is 8.13. The van der Waals surface area contributed by atoms with Gasteiger partial charge < -0.3 is 15.5 Å². The molecule has 0 aromatic heterocycles. The molecule has 1 amide bonds. The van der Waals surface area contributed by atoms with Crippen LogP contribution in [-0.4, -0.2) is 38.0 Å². The van der Waals surface area contributed by atoms with Crippen LogP contribution in [0.25, 0.3) is 0 Å². The summed E-state index contributed by atoms with van der Waals surface area (Å²) in [7, 11) is 0. The van der Waals surface area contributed by atoms with E-state index in [1.54, 1.807) is 0 Å². The molecule has 120 valence electrons. The number of carbonyl (C=O) groups is 2. The maximum atomic E-state index is 11.0. The normalized spacial score (nSPS) is 13.3. The predicted octanol–water partition coefficient (Wildman–Crippen LogP) is 1.23. The first-order chi connectivity index (χ1) is 10.2. The number of nitrogens with one attached hydrogen (secondary N) is 1. The Morgan fingerprint density at radius 2 is 2.00 bits per heavy atom. The average Bonchev–Trinajstić information content (AvgIpc) is 2.43. The zero-order valence-corrected chi connectivity index (χ0v) is 12.8. The minimum atomic E-state index is -1.38. The van der Waals surface area contributed by atoms with Crippen LogP contribution >= 0.6 is 11.8 Å². The van der Waals surface area contributed by atoms with Gasteiger partial charge in [0.1, 0.15) is 11.8 Å². The molecule has 3 N–H and O–H groups in total. The Hall–Kier alpha value is -1.97. The number of aliphatic hydroxyl groups excluding tert-OH is 2. The second-order valence-corrected chi connectivity index (χ2v) is 5.73. The number of nitro benzene ring substituents is 1. The molecule has 2 unspecified atom stereocenters. The van der Waals surface area contributed by atoms with E-state index in [1.165, 1.54) is 26.0 Å². The second kappa shape index (κ2) is 7.87. The molecule has 8 nitrogen and oxygen atoms in total. The molecule has 0 spiro atoms. The van der Waals surface area contributed by atoms with E-state index in [-0.39, 0.29) is 22.1 Å². The van der Waals surface area contributed by atoms with Crippen LogP contribution < -0.4 is 5.32 Å². The van der Waals surface area contributed by atoms with Gasteiger partial charge in [-0.1, -0.05) is 17.8 Å². The van der Waals surface area contributed by atoms with Gasteiger partial charge in [-0.2, -0.15) is 0 Å². The number of amides is 1. The standard InChI is InChI=1S/C13H16N2O6S/c1-7(16)14-10-4-3-9(5-11(10)15(20)21)13(19)12(18)6-22-8(2)17/h3-5,12-13,18-19H,6H2,1-2H3,(H,14,16). The third-order valence-electron chi connectivity index (χ3n) is 2.69. The molecule has 0 fully saturated rings. The molecule has 0 radical (unpaired) electrons. The third kappa shape index (κ3) is 5.10. The van der Waals surface area contributed by atoms with Crippen molar-refractivity contribution in [1.29, 1.82) is 0 Å². The largest absolute Gasteiger partial charge is 0.389 e. The van der Waals surface area contributed by atoms with Gasteiger partial charge in [-0.3, -0.25) is 19.7 Å². The Morgan fingerprint density at radius 3 is 2.50 bits per heavy atom. The quantitative estimate of drug-likeness (QED) is 0.529. The zero-order valence-electron chi connectivity index (χ0n) is 12.0. The number of nitrogens with zero attached hydrogens (tertiary/aromatic N) is 1. The molecule has 0 saturated carbocycles. The molecule has 0 bridgehead atoms. The van der Waals surface area contributed by atoms with E-state index in [9.17, 15) is 29.9 Å². The van der Waals surface area contributed by atoms with Gasteiger partial charge in [0, 0.05) is 25.7 Å². The van der Waals surface area contributed by atoms with Crippen molar-refractivity contribution in [3.05, 3.63) is 33.9 Å². The molecule has 0 aliphatic rings. The van der Waals surface area contributed by atoms with Crippen LogP contribution in [0.3, 0.4) is 0 Å². The smallest absolute Gasteiger partial charge is 0.293 e. The SMILES string of the molecule is CC(=O)Nc1ccc(C(O)C(O)CSC(C)=O)cc1[N+](=O)[O-]. The minimum Gasteiger partial charge on any atom is -0.389 e. The fraction of sp³-hybridized carbons (Fsp3) is 0.385. The summed E-state index contributed by atoms with van der Waals surface area (Å²) < 4.78 is 0. The fourth-order valence-corrected chi connectivity index (χ4v) is 2.28. The third-order valence-corrected chi connectivity index (χ3v) is 3.61. The summed E-state index contributed by atoms with van der Waals surface area (Å²) in [5.74, 6) is -0.494. The molecule has 0 aliphatic heterocycles. The summed E-state index contributed by atoms with van der Waals surface area (Å²) in [5, 5.41) is 32.9. The van der Waals surface area contributed by atoms with Gasteiger partial charge in [0.15, 0.2) is 5.12 Å². The summed E-state index contributed by atoms with van der Waals surface area (Å²) in [4.78, 5) is 32.2. The van der Waals surface area contributed by atoms with Crippen LogP contribution in [-0.2, 0) is 9.59 Å². The lowest BCUT2D eigenvalue weighted by Gasteiger charge is -2.17. The highest BCUT2D eigenvalue weighted by Crippen LogP contribution is 2.30. The van der Waals surface area contributed by atoms with Gasteiger partial charge in [0.05, 0.1) is 11.0 Å². The number of rotatable bonds is 6. The predicted molar refractivity (Wildman–Crippen MR) is 81.5 cm³/mol. The van der Waals surface area contributed by atoms with Crippen molar-refractivity contribution in [3.8, 4) is 0 Å². The van der Waals surface area contributed by atoms with E-state index in [0.29, 0.717) is 0 Å². The number of nitro groups is 1. The molecule has 22 heavy (non-hydrogen) atoms. The fourth-order valence-electron chi connectivity index (χ4n) is 1.70. The molecular formula is C13H16N2O6S. The lowest BCUT2D eigenvalue weighted by Crippen LogP contribution is -2.21. The summed E-state index contributed by atoms with van der Waals surface area (Å²) in [5.41, 5.74) is -0.267. The molecule has 1 rings (SSSR count). The van der Waals surface area contributed by atoms with E-state index < -0.39 is 28.7 Å². The van der Waals surface area contributed by atoms with Crippen LogP contribution in [0.4, 0.5) is 11.4 Å². The first-order valence-corrected chi connectivity index (χ1v) is 7.26. The van der Waals surface area contributed by atoms with Crippen LogP contribution in [0.2, 0.25) is 0 Å². The van der Waals surface area contributed by atoms with E-state index >= 15 is 0 Å². The number of thioether (sulfide) groups is 1. The summed E-state index contributed by atoms with van der Waals surface area (Å²) >= 11 is 0.845. The molecule has 2 atom stereocenters. The Labute approximate surface area is 130 Å². The van der Waals surface area contributed by atoms with Crippen molar-refractivity contribution in [2.75, 3.05) is 11.1 Å². The molecule has 1 aromatic carbocycles. The Bertz CT molecular complexity index is 592. The lowest BCUT2D eigenvalue weighted by atomic mass is 10.0. The van der Waals surface area contributed by atoms with Crippen molar-refractivity contribution in [2.24, 2.45) is 0 Å². The van der Waals surface area contributed by atoms with Gasteiger partial charge in [-0.25, -0.2) is 0 Å². The van der Waals surface area contributed by atoms with Crippen molar-refractivity contribution >= 4 is 34.2 Å². The highest BCUT2D eigenvalue weighted by Gasteiger charge is 2.23. The number of aliphatic hydroxyl groups is 2. The maximum absolute atomic E-state index is 11.0. The average molecular weight is 328 g/mol. The number of hydrogen-bond donors (Lipinski definition) is 3. The Kier molecular flexibility index (Phi) is 6.47. The van der Waals surface area contributed by atoms with Crippen LogP contribution in [0, 0.1) is 10.1 Å². The Morgan fingerprint density at radius 1 is 1.36 bits per heavy atom. The molecule has 0 heterocycles. The van der Waals surface area contributed by atoms with Gasteiger partial charge in [-0.15, -0.1) is 0 Å². The van der Waals surface area contributed by atoms with Gasteiger partial charge in [0.25, 0.3) is 5.69 Å². The molecule has 1 aromatic rings.